The van der Waals surface area contributed by atoms with E-state index < -0.39 is 0 Å². The molecular weight excluding hydrogens is 384 g/mol. The lowest BCUT2D eigenvalue weighted by Crippen LogP contribution is -2.50. The van der Waals surface area contributed by atoms with Gasteiger partial charge in [0.2, 0.25) is 5.91 Å². The van der Waals surface area contributed by atoms with Crippen molar-refractivity contribution in [1.82, 2.24) is 14.8 Å². The summed E-state index contributed by atoms with van der Waals surface area (Å²) in [5.74, 6) is 1.32. The van der Waals surface area contributed by atoms with Crippen LogP contribution in [0.15, 0.2) is 42.5 Å². The second kappa shape index (κ2) is 9.14. The number of likely N-dealkylation sites (tertiary alicyclic amines) is 1. The molecule has 2 aromatic rings. The molecule has 0 spiro atoms. The van der Waals surface area contributed by atoms with Gasteiger partial charge in [0.15, 0.2) is 0 Å². The van der Waals surface area contributed by atoms with E-state index in [1.165, 1.54) is 0 Å². The molecule has 3 heterocycles. The van der Waals surface area contributed by atoms with Crippen molar-refractivity contribution in [2.24, 2.45) is 0 Å². The Bertz CT molecular complexity index is 850. The molecule has 1 atom stereocenters. The normalized spacial score (nSPS) is 21.3. The van der Waals surface area contributed by atoms with Crippen LogP contribution in [-0.4, -0.2) is 59.5 Å². The van der Waals surface area contributed by atoms with Gasteiger partial charge in [-0.3, -0.25) is 9.69 Å². The molecule has 0 radical (unpaired) electrons. The number of carbonyl (C=O) groups excluding carboxylic acids is 1. The molecule has 29 heavy (non-hydrogen) atoms. The Hall–Kier alpha value is -2.11. The van der Waals surface area contributed by atoms with Crippen LogP contribution in [0.25, 0.3) is 0 Å². The summed E-state index contributed by atoms with van der Waals surface area (Å²) in [6, 6.07) is 14.5. The van der Waals surface area contributed by atoms with Gasteiger partial charge in [0, 0.05) is 62.4 Å². The predicted octanol–water partition coefficient (Wildman–Crippen LogP) is 3.75. The van der Waals surface area contributed by atoms with Crippen LogP contribution in [0.1, 0.15) is 30.5 Å². The SMILES string of the molecule is Cc1cccc(N2CCN(C3CCC(=O)N(Cc4ccccc4Cl)CC3)CC2)n1. The number of nitrogens with zero attached hydrogens (tertiary/aromatic N) is 4. The number of carbonyl (C=O) groups is 1. The van der Waals surface area contributed by atoms with Gasteiger partial charge < -0.3 is 9.80 Å². The second-order valence-electron chi connectivity index (χ2n) is 8.05. The minimum atomic E-state index is 0.245. The largest absolute Gasteiger partial charge is 0.354 e. The number of piperazine rings is 1. The fourth-order valence-electron chi connectivity index (χ4n) is 4.41. The van der Waals surface area contributed by atoms with Gasteiger partial charge in [-0.2, -0.15) is 0 Å². The van der Waals surface area contributed by atoms with Gasteiger partial charge in [0.05, 0.1) is 0 Å². The van der Waals surface area contributed by atoms with Crippen LogP contribution >= 0.6 is 11.6 Å². The maximum atomic E-state index is 12.7. The number of anilines is 1. The van der Waals surface area contributed by atoms with Gasteiger partial charge in [-0.15, -0.1) is 0 Å². The smallest absolute Gasteiger partial charge is 0.222 e. The molecule has 4 rings (SSSR count). The van der Waals surface area contributed by atoms with Crippen LogP contribution in [0, 0.1) is 6.92 Å². The van der Waals surface area contributed by atoms with Gasteiger partial charge in [-0.25, -0.2) is 4.98 Å². The molecule has 1 unspecified atom stereocenters. The minimum Gasteiger partial charge on any atom is -0.354 e. The molecule has 2 fully saturated rings. The molecule has 154 valence electrons. The molecule has 5 nitrogen and oxygen atoms in total. The van der Waals surface area contributed by atoms with Gasteiger partial charge in [-0.1, -0.05) is 35.9 Å². The van der Waals surface area contributed by atoms with Crippen molar-refractivity contribution >= 4 is 23.3 Å². The van der Waals surface area contributed by atoms with E-state index in [1.807, 2.05) is 42.2 Å². The molecule has 0 aliphatic carbocycles. The fourth-order valence-corrected chi connectivity index (χ4v) is 4.60. The lowest BCUT2D eigenvalue weighted by Gasteiger charge is -2.39. The topological polar surface area (TPSA) is 39.7 Å². The van der Waals surface area contributed by atoms with Crippen molar-refractivity contribution in [1.29, 1.82) is 0 Å². The van der Waals surface area contributed by atoms with Crippen LogP contribution in [0.3, 0.4) is 0 Å². The van der Waals surface area contributed by atoms with Crippen LogP contribution in [0.2, 0.25) is 5.02 Å². The summed E-state index contributed by atoms with van der Waals surface area (Å²) in [7, 11) is 0. The fraction of sp³-hybridized carbons (Fsp3) is 0.478. The van der Waals surface area contributed by atoms with Gasteiger partial charge >= 0.3 is 0 Å². The third kappa shape index (κ3) is 4.90. The Morgan fingerprint density at radius 1 is 1.00 bits per heavy atom. The summed E-state index contributed by atoms with van der Waals surface area (Å²) in [6.07, 6.45) is 2.59. The van der Waals surface area contributed by atoms with E-state index >= 15 is 0 Å². The van der Waals surface area contributed by atoms with Crippen molar-refractivity contribution in [3.8, 4) is 0 Å². The quantitative estimate of drug-likeness (QED) is 0.766. The van der Waals surface area contributed by atoms with E-state index in [4.69, 9.17) is 11.6 Å². The monoisotopic (exact) mass is 412 g/mol. The molecule has 2 saturated heterocycles. The van der Waals surface area contributed by atoms with E-state index in [1.54, 1.807) is 0 Å². The summed E-state index contributed by atoms with van der Waals surface area (Å²) in [4.78, 5) is 24.3. The molecule has 1 aromatic heterocycles. The maximum Gasteiger partial charge on any atom is 0.222 e. The van der Waals surface area contributed by atoms with E-state index in [-0.39, 0.29) is 5.91 Å². The summed E-state index contributed by atoms with van der Waals surface area (Å²) in [5, 5.41) is 0.738. The molecule has 2 aliphatic rings. The van der Waals surface area contributed by atoms with Crippen molar-refractivity contribution < 1.29 is 4.79 Å². The first kappa shape index (κ1) is 20.2. The van der Waals surface area contributed by atoms with Crippen LogP contribution in [0.4, 0.5) is 5.82 Å². The van der Waals surface area contributed by atoms with Gasteiger partial charge in [0.1, 0.15) is 5.82 Å². The van der Waals surface area contributed by atoms with Crippen LogP contribution in [-0.2, 0) is 11.3 Å². The van der Waals surface area contributed by atoms with E-state index in [9.17, 15) is 4.79 Å². The third-order valence-corrected chi connectivity index (χ3v) is 6.49. The number of hydrogen-bond acceptors (Lipinski definition) is 4. The number of hydrogen-bond donors (Lipinski definition) is 0. The molecule has 1 amide bonds. The lowest BCUT2D eigenvalue weighted by atomic mass is 10.1. The first-order valence-corrected chi connectivity index (χ1v) is 10.9. The van der Waals surface area contributed by atoms with Crippen LogP contribution < -0.4 is 4.90 Å². The van der Waals surface area contributed by atoms with Crippen molar-refractivity contribution in [2.45, 2.75) is 38.8 Å². The number of aromatic nitrogens is 1. The highest BCUT2D eigenvalue weighted by atomic mass is 35.5. The van der Waals surface area contributed by atoms with Crippen molar-refractivity contribution in [2.75, 3.05) is 37.6 Å². The van der Waals surface area contributed by atoms with Crippen molar-refractivity contribution in [3.05, 3.63) is 58.7 Å². The van der Waals surface area contributed by atoms with Crippen LogP contribution in [0.5, 0.6) is 0 Å². The highest BCUT2D eigenvalue weighted by molar-refractivity contribution is 6.31. The van der Waals surface area contributed by atoms with E-state index in [2.05, 4.69) is 26.9 Å². The minimum absolute atomic E-state index is 0.245. The molecule has 1 aromatic carbocycles. The number of pyridine rings is 1. The first-order chi connectivity index (χ1) is 14.1. The first-order valence-electron chi connectivity index (χ1n) is 10.5. The second-order valence-corrected chi connectivity index (χ2v) is 8.46. The standard InChI is InChI=1S/C23H29ClN4O/c1-18-5-4-8-22(25-18)27-15-13-26(14-16-27)20-9-10-23(29)28(12-11-20)17-19-6-2-3-7-21(19)24/h2-8,20H,9-17H2,1H3. The number of halogens is 1. The highest BCUT2D eigenvalue weighted by Gasteiger charge is 2.29. The Kier molecular flexibility index (Phi) is 6.36. The Morgan fingerprint density at radius 3 is 2.55 bits per heavy atom. The molecule has 6 heteroatoms. The Labute approximate surface area is 178 Å². The average molecular weight is 413 g/mol. The number of rotatable bonds is 4. The maximum absolute atomic E-state index is 12.7. The molecular formula is C23H29ClN4O. The zero-order chi connectivity index (χ0) is 20.2. The number of aryl methyl sites for hydroxylation is 1. The van der Waals surface area contributed by atoms with Gasteiger partial charge in [0.25, 0.3) is 0 Å². The Morgan fingerprint density at radius 2 is 1.79 bits per heavy atom. The Balaban J connectivity index is 1.33. The number of benzene rings is 1. The predicted molar refractivity (Wildman–Crippen MR) is 117 cm³/mol. The molecule has 0 saturated carbocycles. The average Bonchev–Trinajstić information content (AvgIpc) is 2.92. The zero-order valence-electron chi connectivity index (χ0n) is 17.1. The summed E-state index contributed by atoms with van der Waals surface area (Å²) >= 11 is 6.30. The third-order valence-electron chi connectivity index (χ3n) is 6.12. The lowest BCUT2D eigenvalue weighted by molar-refractivity contribution is -0.131. The molecule has 2 aliphatic heterocycles. The summed E-state index contributed by atoms with van der Waals surface area (Å²) < 4.78 is 0. The summed E-state index contributed by atoms with van der Waals surface area (Å²) in [5.41, 5.74) is 2.09. The zero-order valence-corrected chi connectivity index (χ0v) is 17.8. The highest BCUT2D eigenvalue weighted by Crippen LogP contribution is 2.24. The van der Waals surface area contributed by atoms with Crippen molar-refractivity contribution in [3.63, 3.8) is 0 Å². The number of amides is 1. The van der Waals surface area contributed by atoms with E-state index in [0.29, 0.717) is 19.0 Å². The summed E-state index contributed by atoms with van der Waals surface area (Å²) in [6.45, 7) is 7.48. The van der Waals surface area contributed by atoms with E-state index in [0.717, 1.165) is 67.7 Å². The molecule has 0 bridgehead atoms. The molecule has 0 N–H and O–H groups in total. The van der Waals surface area contributed by atoms with Gasteiger partial charge in [-0.05, 0) is 43.5 Å².